The first-order valence-electron chi connectivity index (χ1n) is 5.37. The molecule has 4 heteroatoms. The van der Waals surface area contributed by atoms with E-state index >= 15 is 0 Å². The fourth-order valence-electron chi connectivity index (χ4n) is 1.76. The van der Waals surface area contributed by atoms with Gasteiger partial charge in [-0.25, -0.2) is 0 Å². The van der Waals surface area contributed by atoms with E-state index < -0.39 is 4.92 Å². The zero-order valence-corrected chi connectivity index (χ0v) is 9.75. The van der Waals surface area contributed by atoms with Crippen molar-refractivity contribution in [2.75, 3.05) is 0 Å². The SMILES string of the molecule is Cc1ccc(C#N)c(-c2ccc([N+](=O)[O-])cc2)c1. The van der Waals surface area contributed by atoms with Crippen LogP contribution in [0.25, 0.3) is 11.1 Å². The van der Waals surface area contributed by atoms with Crippen LogP contribution in [-0.2, 0) is 0 Å². The van der Waals surface area contributed by atoms with E-state index in [1.165, 1.54) is 12.1 Å². The Kier molecular flexibility index (Phi) is 3.07. The van der Waals surface area contributed by atoms with Crippen LogP contribution in [0.3, 0.4) is 0 Å². The highest BCUT2D eigenvalue weighted by Crippen LogP contribution is 2.26. The summed E-state index contributed by atoms with van der Waals surface area (Å²) in [4.78, 5) is 10.1. The van der Waals surface area contributed by atoms with Gasteiger partial charge in [-0.05, 0) is 36.2 Å². The molecule has 0 saturated heterocycles. The van der Waals surface area contributed by atoms with Gasteiger partial charge in [-0.3, -0.25) is 10.1 Å². The van der Waals surface area contributed by atoms with Gasteiger partial charge in [0.2, 0.25) is 0 Å². The number of nitro groups is 1. The molecule has 2 aromatic rings. The summed E-state index contributed by atoms with van der Waals surface area (Å²) in [5.41, 5.74) is 3.26. The summed E-state index contributed by atoms with van der Waals surface area (Å²) in [6.45, 7) is 1.94. The maximum absolute atomic E-state index is 10.6. The van der Waals surface area contributed by atoms with Gasteiger partial charge in [0.25, 0.3) is 5.69 Å². The van der Waals surface area contributed by atoms with Crippen molar-refractivity contribution in [2.24, 2.45) is 0 Å². The molecule has 0 N–H and O–H groups in total. The van der Waals surface area contributed by atoms with E-state index in [2.05, 4.69) is 6.07 Å². The minimum absolute atomic E-state index is 0.0462. The van der Waals surface area contributed by atoms with Crippen LogP contribution in [0.15, 0.2) is 42.5 Å². The molecule has 0 amide bonds. The molecule has 0 radical (unpaired) electrons. The molecule has 0 aliphatic carbocycles. The van der Waals surface area contributed by atoms with Gasteiger partial charge in [0.15, 0.2) is 0 Å². The van der Waals surface area contributed by atoms with E-state index in [0.717, 1.165) is 16.7 Å². The highest BCUT2D eigenvalue weighted by molar-refractivity contribution is 5.71. The molecule has 2 rings (SSSR count). The van der Waals surface area contributed by atoms with Crippen molar-refractivity contribution in [3.63, 3.8) is 0 Å². The number of rotatable bonds is 2. The molecular formula is C14H10N2O2. The Morgan fingerprint density at radius 3 is 2.39 bits per heavy atom. The molecule has 88 valence electrons. The topological polar surface area (TPSA) is 66.9 Å². The maximum atomic E-state index is 10.6. The van der Waals surface area contributed by atoms with Gasteiger partial charge >= 0.3 is 0 Å². The van der Waals surface area contributed by atoms with Gasteiger partial charge in [-0.1, -0.05) is 17.7 Å². The molecule has 2 aromatic carbocycles. The summed E-state index contributed by atoms with van der Waals surface area (Å²) >= 11 is 0. The number of nitro benzene ring substituents is 1. The van der Waals surface area contributed by atoms with Gasteiger partial charge in [0.1, 0.15) is 0 Å². The second kappa shape index (κ2) is 4.68. The van der Waals surface area contributed by atoms with Gasteiger partial charge in [0, 0.05) is 12.1 Å². The van der Waals surface area contributed by atoms with Crippen molar-refractivity contribution >= 4 is 5.69 Å². The lowest BCUT2D eigenvalue weighted by molar-refractivity contribution is -0.384. The molecule has 0 bridgehead atoms. The molecule has 0 aliphatic heterocycles. The molecule has 0 saturated carbocycles. The smallest absolute Gasteiger partial charge is 0.258 e. The summed E-state index contributed by atoms with van der Waals surface area (Å²) in [5, 5.41) is 19.6. The molecule has 0 heterocycles. The molecule has 0 aromatic heterocycles. The predicted octanol–water partition coefficient (Wildman–Crippen LogP) is 3.44. The first-order chi connectivity index (χ1) is 8.61. The molecular weight excluding hydrogens is 228 g/mol. The fourth-order valence-corrected chi connectivity index (χ4v) is 1.76. The number of hydrogen-bond acceptors (Lipinski definition) is 3. The van der Waals surface area contributed by atoms with Crippen molar-refractivity contribution in [1.82, 2.24) is 0 Å². The summed E-state index contributed by atoms with van der Waals surface area (Å²) in [7, 11) is 0. The lowest BCUT2D eigenvalue weighted by atomic mass is 9.98. The molecule has 0 spiro atoms. The van der Waals surface area contributed by atoms with Crippen LogP contribution >= 0.6 is 0 Å². The number of benzene rings is 2. The standard InChI is InChI=1S/C14H10N2O2/c1-10-2-3-12(9-15)14(8-10)11-4-6-13(7-5-11)16(17)18/h2-8H,1H3. The largest absolute Gasteiger partial charge is 0.269 e. The Labute approximate surface area is 104 Å². The summed E-state index contributed by atoms with van der Waals surface area (Å²) in [6.07, 6.45) is 0. The van der Waals surface area contributed by atoms with Gasteiger partial charge in [-0.15, -0.1) is 0 Å². The first-order valence-corrected chi connectivity index (χ1v) is 5.37. The number of nitriles is 1. The van der Waals surface area contributed by atoms with Crippen molar-refractivity contribution in [3.8, 4) is 17.2 Å². The Morgan fingerprint density at radius 2 is 1.83 bits per heavy atom. The molecule has 0 fully saturated rings. The van der Waals surface area contributed by atoms with E-state index in [4.69, 9.17) is 5.26 Å². The second-order valence-electron chi connectivity index (χ2n) is 3.96. The molecule has 0 aliphatic rings. The zero-order valence-electron chi connectivity index (χ0n) is 9.75. The molecule has 0 unspecified atom stereocenters. The predicted molar refractivity (Wildman–Crippen MR) is 68.0 cm³/mol. The highest BCUT2D eigenvalue weighted by atomic mass is 16.6. The minimum atomic E-state index is -0.439. The fraction of sp³-hybridized carbons (Fsp3) is 0.0714. The second-order valence-corrected chi connectivity index (χ2v) is 3.96. The van der Waals surface area contributed by atoms with E-state index in [0.29, 0.717) is 5.56 Å². The molecule has 0 atom stereocenters. The van der Waals surface area contributed by atoms with Crippen LogP contribution < -0.4 is 0 Å². The third-order valence-electron chi connectivity index (χ3n) is 2.68. The highest BCUT2D eigenvalue weighted by Gasteiger charge is 2.08. The van der Waals surface area contributed by atoms with Crippen LogP contribution in [0.5, 0.6) is 0 Å². The van der Waals surface area contributed by atoms with Crippen molar-refractivity contribution in [1.29, 1.82) is 5.26 Å². The minimum Gasteiger partial charge on any atom is -0.258 e. The van der Waals surface area contributed by atoms with Crippen molar-refractivity contribution in [3.05, 3.63) is 63.7 Å². The quantitative estimate of drug-likeness (QED) is 0.594. The average molecular weight is 238 g/mol. The van der Waals surface area contributed by atoms with Crippen LogP contribution in [-0.4, -0.2) is 4.92 Å². The van der Waals surface area contributed by atoms with Crippen molar-refractivity contribution < 1.29 is 4.92 Å². The summed E-state index contributed by atoms with van der Waals surface area (Å²) < 4.78 is 0. The lowest BCUT2D eigenvalue weighted by Crippen LogP contribution is -1.89. The number of nitrogens with zero attached hydrogens (tertiary/aromatic N) is 2. The van der Waals surface area contributed by atoms with E-state index in [1.54, 1.807) is 18.2 Å². The maximum Gasteiger partial charge on any atom is 0.269 e. The Hall–Kier alpha value is -2.67. The molecule has 4 nitrogen and oxygen atoms in total. The van der Waals surface area contributed by atoms with Gasteiger partial charge in [-0.2, -0.15) is 5.26 Å². The third kappa shape index (κ3) is 2.20. The molecule has 18 heavy (non-hydrogen) atoms. The van der Waals surface area contributed by atoms with Gasteiger partial charge < -0.3 is 0 Å². The lowest BCUT2D eigenvalue weighted by Gasteiger charge is -2.05. The number of aryl methyl sites for hydroxylation is 1. The Bertz CT molecular complexity index is 640. The van der Waals surface area contributed by atoms with Gasteiger partial charge in [0.05, 0.1) is 16.6 Å². The van der Waals surface area contributed by atoms with Crippen LogP contribution in [0.1, 0.15) is 11.1 Å². The monoisotopic (exact) mass is 238 g/mol. The normalized spacial score (nSPS) is 9.78. The third-order valence-corrected chi connectivity index (χ3v) is 2.68. The van der Waals surface area contributed by atoms with Crippen LogP contribution in [0, 0.1) is 28.4 Å². The zero-order chi connectivity index (χ0) is 13.1. The number of non-ortho nitro benzene ring substituents is 1. The average Bonchev–Trinajstić information content (AvgIpc) is 2.39. The van der Waals surface area contributed by atoms with E-state index in [1.807, 2.05) is 19.1 Å². The summed E-state index contributed by atoms with van der Waals surface area (Å²) in [5.74, 6) is 0. The van der Waals surface area contributed by atoms with Crippen LogP contribution in [0.2, 0.25) is 0 Å². The Morgan fingerprint density at radius 1 is 1.17 bits per heavy atom. The number of hydrogen-bond donors (Lipinski definition) is 0. The van der Waals surface area contributed by atoms with Crippen LogP contribution in [0.4, 0.5) is 5.69 Å². The van der Waals surface area contributed by atoms with Crippen molar-refractivity contribution in [2.45, 2.75) is 6.92 Å². The Balaban J connectivity index is 2.52. The first kappa shape index (κ1) is 11.8. The van der Waals surface area contributed by atoms with E-state index in [9.17, 15) is 10.1 Å². The van der Waals surface area contributed by atoms with E-state index in [-0.39, 0.29) is 5.69 Å². The summed E-state index contributed by atoms with van der Waals surface area (Å²) in [6, 6.07) is 13.9.